The molecule has 0 aliphatic heterocycles. The summed E-state index contributed by atoms with van der Waals surface area (Å²) < 4.78 is 13.9. The first-order valence-corrected chi connectivity index (χ1v) is 7.09. The molecule has 1 nitrogen and oxygen atoms in total. The maximum Gasteiger partial charge on any atom is 0.124 e. The van der Waals surface area contributed by atoms with Gasteiger partial charge >= 0.3 is 0 Å². The summed E-state index contributed by atoms with van der Waals surface area (Å²) >= 11 is 3.44. The smallest absolute Gasteiger partial charge is 0.124 e. The summed E-state index contributed by atoms with van der Waals surface area (Å²) in [4.78, 5) is 0. The SMILES string of the molecule is NC1(Cc2ccc(F)cc2Br)CC2CCC1C2. The van der Waals surface area contributed by atoms with E-state index in [0.29, 0.717) is 5.92 Å². The van der Waals surface area contributed by atoms with Crippen molar-refractivity contribution in [3.8, 4) is 0 Å². The van der Waals surface area contributed by atoms with Crippen LogP contribution in [0.15, 0.2) is 22.7 Å². The van der Waals surface area contributed by atoms with Crippen molar-refractivity contribution in [2.45, 2.75) is 37.6 Å². The summed E-state index contributed by atoms with van der Waals surface area (Å²) in [6.07, 6.45) is 5.94. The molecule has 92 valence electrons. The summed E-state index contributed by atoms with van der Waals surface area (Å²) in [5.74, 6) is 1.31. The van der Waals surface area contributed by atoms with E-state index in [0.717, 1.165) is 28.8 Å². The Morgan fingerprint density at radius 3 is 2.82 bits per heavy atom. The number of hydrogen-bond acceptors (Lipinski definition) is 1. The van der Waals surface area contributed by atoms with Crippen molar-refractivity contribution in [1.82, 2.24) is 0 Å². The Balaban J connectivity index is 1.83. The van der Waals surface area contributed by atoms with E-state index in [2.05, 4.69) is 15.9 Å². The van der Waals surface area contributed by atoms with E-state index in [-0.39, 0.29) is 11.4 Å². The fourth-order valence-electron chi connectivity index (χ4n) is 3.72. The Morgan fingerprint density at radius 2 is 2.24 bits per heavy atom. The van der Waals surface area contributed by atoms with Gasteiger partial charge in [0, 0.05) is 10.0 Å². The molecule has 17 heavy (non-hydrogen) atoms. The molecule has 2 N–H and O–H groups in total. The lowest BCUT2D eigenvalue weighted by molar-refractivity contribution is 0.269. The minimum atomic E-state index is -0.195. The third-order valence-electron chi connectivity index (χ3n) is 4.56. The Morgan fingerprint density at radius 1 is 1.41 bits per heavy atom. The lowest BCUT2D eigenvalue weighted by Gasteiger charge is -2.34. The van der Waals surface area contributed by atoms with Crippen LogP contribution in [0.2, 0.25) is 0 Å². The zero-order valence-corrected chi connectivity index (χ0v) is 11.3. The second kappa shape index (κ2) is 4.06. The largest absolute Gasteiger partial charge is 0.325 e. The molecule has 0 heterocycles. The molecule has 3 unspecified atom stereocenters. The fraction of sp³-hybridized carbons (Fsp3) is 0.571. The van der Waals surface area contributed by atoms with Gasteiger partial charge in [-0.1, -0.05) is 28.4 Å². The van der Waals surface area contributed by atoms with Gasteiger partial charge in [0.25, 0.3) is 0 Å². The Bertz CT molecular complexity index is 448. The summed E-state index contributed by atoms with van der Waals surface area (Å²) in [5.41, 5.74) is 7.66. The quantitative estimate of drug-likeness (QED) is 0.886. The maximum atomic E-state index is 13.0. The first-order chi connectivity index (χ1) is 8.07. The maximum absolute atomic E-state index is 13.0. The van der Waals surface area contributed by atoms with Crippen LogP contribution in [-0.4, -0.2) is 5.54 Å². The summed E-state index contributed by atoms with van der Waals surface area (Å²) in [6.45, 7) is 0. The summed E-state index contributed by atoms with van der Waals surface area (Å²) in [5, 5.41) is 0. The van der Waals surface area contributed by atoms with Crippen LogP contribution in [0.25, 0.3) is 0 Å². The summed E-state index contributed by atoms with van der Waals surface area (Å²) in [6, 6.07) is 4.92. The van der Waals surface area contributed by atoms with Crippen LogP contribution in [0.3, 0.4) is 0 Å². The molecule has 0 aromatic heterocycles. The number of halogens is 2. The van der Waals surface area contributed by atoms with Crippen molar-refractivity contribution in [2.75, 3.05) is 0 Å². The molecule has 1 aromatic rings. The third-order valence-corrected chi connectivity index (χ3v) is 5.30. The number of hydrogen-bond donors (Lipinski definition) is 1. The van der Waals surface area contributed by atoms with E-state index >= 15 is 0 Å². The number of benzene rings is 1. The molecule has 2 saturated carbocycles. The molecule has 0 saturated heterocycles. The standard InChI is InChI=1S/C14H17BrFN/c15-13-6-12(16)4-2-10(13)8-14(17)7-9-1-3-11(14)5-9/h2,4,6,9,11H,1,3,5,7-8,17H2. The van der Waals surface area contributed by atoms with Gasteiger partial charge in [-0.25, -0.2) is 4.39 Å². The molecular formula is C14H17BrFN. The second-order valence-corrected chi connectivity index (χ2v) is 6.58. The van der Waals surface area contributed by atoms with Crippen LogP contribution in [0.1, 0.15) is 31.2 Å². The fourth-order valence-corrected chi connectivity index (χ4v) is 4.21. The van der Waals surface area contributed by atoms with Gasteiger partial charge in [0.1, 0.15) is 5.82 Å². The molecule has 2 aliphatic rings. The highest BCUT2D eigenvalue weighted by molar-refractivity contribution is 9.10. The van der Waals surface area contributed by atoms with Crippen LogP contribution >= 0.6 is 15.9 Å². The van der Waals surface area contributed by atoms with Gasteiger partial charge in [0.05, 0.1) is 0 Å². The highest BCUT2D eigenvalue weighted by Gasteiger charge is 2.48. The molecule has 0 amide bonds. The van der Waals surface area contributed by atoms with Crippen molar-refractivity contribution >= 4 is 15.9 Å². The van der Waals surface area contributed by atoms with E-state index in [1.165, 1.54) is 31.4 Å². The van der Waals surface area contributed by atoms with Crippen molar-refractivity contribution in [1.29, 1.82) is 0 Å². The van der Waals surface area contributed by atoms with Crippen LogP contribution in [-0.2, 0) is 6.42 Å². The lowest BCUT2D eigenvalue weighted by Crippen LogP contribution is -2.47. The predicted octanol–water partition coefficient (Wildman–Crippen LogP) is 3.65. The molecule has 2 bridgehead atoms. The average Bonchev–Trinajstić information content (AvgIpc) is 2.82. The zero-order valence-electron chi connectivity index (χ0n) is 9.76. The minimum Gasteiger partial charge on any atom is -0.325 e. The molecule has 3 atom stereocenters. The predicted molar refractivity (Wildman–Crippen MR) is 70.2 cm³/mol. The van der Waals surface area contributed by atoms with Gasteiger partial charge in [-0.3, -0.25) is 0 Å². The van der Waals surface area contributed by atoms with Gasteiger partial charge in [-0.15, -0.1) is 0 Å². The Kier molecular flexibility index (Phi) is 2.79. The highest BCUT2D eigenvalue weighted by atomic mass is 79.9. The van der Waals surface area contributed by atoms with Gasteiger partial charge in [-0.05, 0) is 55.2 Å². The van der Waals surface area contributed by atoms with Crippen LogP contribution < -0.4 is 5.73 Å². The van der Waals surface area contributed by atoms with Crippen molar-refractivity contribution in [3.63, 3.8) is 0 Å². The lowest BCUT2D eigenvalue weighted by atomic mass is 9.77. The van der Waals surface area contributed by atoms with Gasteiger partial charge in [0.15, 0.2) is 0 Å². The van der Waals surface area contributed by atoms with Gasteiger partial charge in [-0.2, -0.15) is 0 Å². The van der Waals surface area contributed by atoms with Crippen molar-refractivity contribution in [2.24, 2.45) is 17.6 Å². The van der Waals surface area contributed by atoms with Crippen molar-refractivity contribution < 1.29 is 4.39 Å². The van der Waals surface area contributed by atoms with Crippen molar-refractivity contribution in [3.05, 3.63) is 34.1 Å². The minimum absolute atomic E-state index is 0.0523. The van der Waals surface area contributed by atoms with Crippen LogP contribution in [0.4, 0.5) is 4.39 Å². The zero-order chi connectivity index (χ0) is 12.0. The first-order valence-electron chi connectivity index (χ1n) is 6.30. The number of rotatable bonds is 2. The van der Waals surface area contributed by atoms with Crippen LogP contribution in [0.5, 0.6) is 0 Å². The van der Waals surface area contributed by atoms with Crippen LogP contribution in [0, 0.1) is 17.7 Å². The van der Waals surface area contributed by atoms with E-state index in [1.54, 1.807) is 0 Å². The van der Waals surface area contributed by atoms with E-state index in [1.807, 2.05) is 6.07 Å². The molecule has 2 fully saturated rings. The van der Waals surface area contributed by atoms with E-state index in [9.17, 15) is 4.39 Å². The highest BCUT2D eigenvalue weighted by Crippen LogP contribution is 2.50. The molecule has 1 aromatic carbocycles. The van der Waals surface area contributed by atoms with Gasteiger partial charge < -0.3 is 5.73 Å². The molecule has 0 radical (unpaired) electrons. The topological polar surface area (TPSA) is 26.0 Å². The third kappa shape index (κ3) is 2.04. The Labute approximate surface area is 110 Å². The van der Waals surface area contributed by atoms with E-state index < -0.39 is 0 Å². The molecule has 3 rings (SSSR count). The molecular weight excluding hydrogens is 281 g/mol. The number of nitrogens with two attached hydrogens (primary N) is 1. The Hall–Kier alpha value is -0.410. The average molecular weight is 298 g/mol. The molecule has 3 heteroatoms. The normalized spacial score (nSPS) is 35.5. The molecule has 2 aliphatic carbocycles. The second-order valence-electron chi connectivity index (χ2n) is 5.73. The van der Waals surface area contributed by atoms with E-state index in [4.69, 9.17) is 5.73 Å². The molecule has 0 spiro atoms. The first kappa shape index (κ1) is 11.7. The monoisotopic (exact) mass is 297 g/mol. The van der Waals surface area contributed by atoms with Gasteiger partial charge in [0.2, 0.25) is 0 Å². The number of fused-ring (bicyclic) bond motifs is 2. The summed E-state index contributed by atoms with van der Waals surface area (Å²) in [7, 11) is 0.